The van der Waals surface area contributed by atoms with E-state index in [0.717, 1.165) is 16.7 Å². The largest absolute Gasteiger partial charge is 0.325 e. The second-order valence-corrected chi connectivity index (χ2v) is 7.38. The third kappa shape index (κ3) is 4.53. The van der Waals surface area contributed by atoms with E-state index in [1.165, 1.54) is 31.2 Å². The fourth-order valence-corrected chi connectivity index (χ4v) is 3.57. The van der Waals surface area contributed by atoms with Gasteiger partial charge in [0.05, 0.1) is 5.54 Å². The Balaban J connectivity index is 1.91. The van der Waals surface area contributed by atoms with Gasteiger partial charge in [-0.05, 0) is 44.4 Å². The summed E-state index contributed by atoms with van der Waals surface area (Å²) in [5.41, 5.74) is 7.03. The molecular weight excluding hydrogens is 268 g/mol. The zero-order valence-electron chi connectivity index (χ0n) is 12.3. The Morgan fingerprint density at radius 2 is 2.10 bits per heavy atom. The van der Waals surface area contributed by atoms with Gasteiger partial charge in [0, 0.05) is 16.7 Å². The quantitative estimate of drug-likeness (QED) is 0.872. The molecule has 1 fully saturated rings. The molecule has 0 heterocycles. The van der Waals surface area contributed by atoms with Crippen LogP contribution in [0.25, 0.3) is 0 Å². The normalized spacial score (nSPS) is 16.4. The van der Waals surface area contributed by atoms with Crippen LogP contribution in [-0.4, -0.2) is 16.7 Å². The SMILES string of the molecule is CC(C)(N)C(=O)Nc1cccc(CSC2CCCC2)c1. The lowest BCUT2D eigenvalue weighted by Gasteiger charge is -2.18. The average molecular weight is 292 g/mol. The van der Waals surface area contributed by atoms with Gasteiger partial charge in [-0.15, -0.1) is 0 Å². The highest BCUT2D eigenvalue weighted by atomic mass is 32.2. The van der Waals surface area contributed by atoms with Crippen LogP contribution in [0.4, 0.5) is 5.69 Å². The van der Waals surface area contributed by atoms with Crippen LogP contribution in [0.5, 0.6) is 0 Å². The molecule has 2 rings (SSSR count). The predicted octanol–water partition coefficient (Wildman–Crippen LogP) is 3.54. The van der Waals surface area contributed by atoms with Crippen molar-refractivity contribution >= 4 is 23.4 Å². The standard InChI is InChI=1S/C16H24N2OS/c1-16(2,17)15(19)18-13-7-5-6-12(10-13)11-20-14-8-3-4-9-14/h5-7,10,14H,3-4,8-9,11,17H2,1-2H3,(H,18,19). The van der Waals surface area contributed by atoms with Crippen molar-refractivity contribution in [1.82, 2.24) is 0 Å². The summed E-state index contributed by atoms with van der Waals surface area (Å²) in [7, 11) is 0. The molecule has 1 aromatic carbocycles. The number of hydrogen-bond donors (Lipinski definition) is 2. The number of nitrogens with two attached hydrogens (primary N) is 1. The van der Waals surface area contributed by atoms with Crippen LogP contribution in [0, 0.1) is 0 Å². The van der Waals surface area contributed by atoms with Crippen molar-refractivity contribution in [3.63, 3.8) is 0 Å². The maximum Gasteiger partial charge on any atom is 0.243 e. The Kier molecular flexibility index (Phi) is 5.11. The molecule has 0 bridgehead atoms. The number of hydrogen-bond acceptors (Lipinski definition) is 3. The molecule has 0 atom stereocenters. The molecule has 1 amide bonds. The summed E-state index contributed by atoms with van der Waals surface area (Å²) in [6.07, 6.45) is 5.45. The van der Waals surface area contributed by atoms with Gasteiger partial charge in [0.25, 0.3) is 0 Å². The second-order valence-electron chi connectivity index (χ2n) is 6.09. The molecule has 3 nitrogen and oxygen atoms in total. The number of carbonyl (C=O) groups is 1. The van der Waals surface area contributed by atoms with Gasteiger partial charge in [0.15, 0.2) is 0 Å². The van der Waals surface area contributed by atoms with Crippen LogP contribution in [0.2, 0.25) is 0 Å². The zero-order valence-corrected chi connectivity index (χ0v) is 13.1. The Hall–Kier alpha value is -1.00. The van der Waals surface area contributed by atoms with E-state index in [4.69, 9.17) is 5.73 Å². The molecular formula is C16H24N2OS. The molecule has 0 radical (unpaired) electrons. The monoisotopic (exact) mass is 292 g/mol. The summed E-state index contributed by atoms with van der Waals surface area (Å²) in [5, 5.41) is 3.69. The van der Waals surface area contributed by atoms with E-state index in [2.05, 4.69) is 11.4 Å². The molecule has 0 aromatic heterocycles. The minimum Gasteiger partial charge on any atom is -0.325 e. The van der Waals surface area contributed by atoms with Gasteiger partial charge in [-0.3, -0.25) is 4.79 Å². The summed E-state index contributed by atoms with van der Waals surface area (Å²) in [5.74, 6) is 0.860. The van der Waals surface area contributed by atoms with E-state index >= 15 is 0 Å². The number of thioether (sulfide) groups is 1. The highest BCUT2D eigenvalue weighted by molar-refractivity contribution is 7.99. The van der Waals surface area contributed by atoms with Crippen molar-refractivity contribution in [3.05, 3.63) is 29.8 Å². The number of benzene rings is 1. The molecule has 3 N–H and O–H groups in total. The molecule has 0 spiro atoms. The first-order chi connectivity index (χ1) is 9.45. The van der Waals surface area contributed by atoms with E-state index in [9.17, 15) is 4.79 Å². The van der Waals surface area contributed by atoms with E-state index in [1.54, 1.807) is 13.8 Å². The number of amides is 1. The first kappa shape index (κ1) is 15.4. The van der Waals surface area contributed by atoms with Crippen molar-refractivity contribution in [3.8, 4) is 0 Å². The van der Waals surface area contributed by atoms with Crippen LogP contribution in [0.15, 0.2) is 24.3 Å². The highest BCUT2D eigenvalue weighted by Crippen LogP contribution is 2.31. The molecule has 1 saturated carbocycles. The Morgan fingerprint density at radius 3 is 2.75 bits per heavy atom. The summed E-state index contributed by atoms with van der Waals surface area (Å²) >= 11 is 2.03. The molecule has 0 unspecified atom stereocenters. The lowest BCUT2D eigenvalue weighted by atomic mass is 10.1. The topological polar surface area (TPSA) is 55.1 Å². The maximum absolute atomic E-state index is 11.9. The van der Waals surface area contributed by atoms with Crippen molar-refractivity contribution in [2.45, 2.75) is 56.1 Å². The molecule has 110 valence electrons. The lowest BCUT2D eigenvalue weighted by molar-refractivity contribution is -0.120. The Morgan fingerprint density at radius 1 is 1.40 bits per heavy atom. The molecule has 1 aromatic rings. The third-order valence-electron chi connectivity index (χ3n) is 3.56. The second kappa shape index (κ2) is 6.64. The van der Waals surface area contributed by atoms with E-state index in [1.807, 2.05) is 30.0 Å². The van der Waals surface area contributed by atoms with Gasteiger partial charge in [-0.2, -0.15) is 11.8 Å². The molecule has 0 saturated heterocycles. The van der Waals surface area contributed by atoms with E-state index in [-0.39, 0.29) is 5.91 Å². The van der Waals surface area contributed by atoms with E-state index < -0.39 is 5.54 Å². The van der Waals surface area contributed by atoms with Gasteiger partial charge in [-0.25, -0.2) is 0 Å². The number of rotatable bonds is 5. The highest BCUT2D eigenvalue weighted by Gasteiger charge is 2.21. The minimum absolute atomic E-state index is 0.155. The number of nitrogens with one attached hydrogen (secondary N) is 1. The van der Waals surface area contributed by atoms with Gasteiger partial charge in [0.2, 0.25) is 5.91 Å². The predicted molar refractivity (Wildman–Crippen MR) is 86.9 cm³/mol. The van der Waals surface area contributed by atoms with Crippen LogP contribution < -0.4 is 11.1 Å². The van der Waals surface area contributed by atoms with Gasteiger partial charge < -0.3 is 11.1 Å². The summed E-state index contributed by atoms with van der Waals surface area (Å²) in [6, 6.07) is 8.06. The Labute approximate surface area is 125 Å². The average Bonchev–Trinajstić information content (AvgIpc) is 2.89. The molecule has 20 heavy (non-hydrogen) atoms. The van der Waals surface area contributed by atoms with Crippen LogP contribution in [0.3, 0.4) is 0 Å². The van der Waals surface area contributed by atoms with Crippen molar-refractivity contribution in [2.24, 2.45) is 5.73 Å². The lowest BCUT2D eigenvalue weighted by Crippen LogP contribution is -2.45. The van der Waals surface area contributed by atoms with Gasteiger partial charge >= 0.3 is 0 Å². The third-order valence-corrected chi connectivity index (χ3v) is 5.00. The molecule has 4 heteroatoms. The summed E-state index contributed by atoms with van der Waals surface area (Å²) in [4.78, 5) is 11.9. The van der Waals surface area contributed by atoms with Crippen LogP contribution in [0.1, 0.15) is 45.1 Å². The van der Waals surface area contributed by atoms with Gasteiger partial charge in [0.1, 0.15) is 0 Å². The first-order valence-electron chi connectivity index (χ1n) is 7.26. The van der Waals surface area contributed by atoms with Crippen LogP contribution in [-0.2, 0) is 10.5 Å². The molecule has 1 aliphatic carbocycles. The van der Waals surface area contributed by atoms with Crippen molar-refractivity contribution in [1.29, 1.82) is 0 Å². The van der Waals surface area contributed by atoms with Crippen molar-refractivity contribution in [2.75, 3.05) is 5.32 Å². The Bertz CT molecular complexity index is 462. The van der Waals surface area contributed by atoms with E-state index in [0.29, 0.717) is 0 Å². The summed E-state index contributed by atoms with van der Waals surface area (Å²) in [6.45, 7) is 3.42. The van der Waals surface area contributed by atoms with Gasteiger partial charge in [-0.1, -0.05) is 25.0 Å². The minimum atomic E-state index is -0.853. The number of carbonyl (C=O) groups excluding carboxylic acids is 1. The maximum atomic E-state index is 11.9. The summed E-state index contributed by atoms with van der Waals surface area (Å²) < 4.78 is 0. The molecule has 0 aliphatic heterocycles. The van der Waals surface area contributed by atoms with Crippen molar-refractivity contribution < 1.29 is 4.79 Å². The fourth-order valence-electron chi connectivity index (χ4n) is 2.30. The zero-order chi connectivity index (χ0) is 14.6. The first-order valence-corrected chi connectivity index (χ1v) is 8.31. The molecule has 1 aliphatic rings. The number of anilines is 1. The fraction of sp³-hybridized carbons (Fsp3) is 0.562. The smallest absolute Gasteiger partial charge is 0.243 e. The van der Waals surface area contributed by atoms with Crippen LogP contribution >= 0.6 is 11.8 Å².